The lowest BCUT2D eigenvalue weighted by molar-refractivity contribution is -0.119. The van der Waals surface area contributed by atoms with Crippen LogP contribution in [0.15, 0.2) is 30.3 Å². The lowest BCUT2D eigenvalue weighted by atomic mass is 9.93. The van der Waals surface area contributed by atoms with Crippen LogP contribution < -0.4 is 0 Å². The van der Waals surface area contributed by atoms with E-state index in [0.717, 1.165) is 23.9 Å². The zero-order chi connectivity index (χ0) is 28.0. The predicted molar refractivity (Wildman–Crippen MR) is 155 cm³/mol. The number of nitrogens with zero attached hydrogens (tertiary/aromatic N) is 1. The number of hydrogen-bond acceptors (Lipinski definition) is 7. The number of rotatable bonds is 18. The first-order valence-corrected chi connectivity index (χ1v) is 21.2. The molecule has 0 saturated carbocycles. The summed E-state index contributed by atoms with van der Waals surface area (Å²) in [5.41, 5.74) is 0.920. The van der Waals surface area contributed by atoms with Crippen molar-refractivity contribution in [1.82, 2.24) is 4.90 Å². The van der Waals surface area contributed by atoms with Crippen LogP contribution in [0.1, 0.15) is 18.4 Å². The fourth-order valence-corrected chi connectivity index (χ4v) is 5.75. The van der Waals surface area contributed by atoms with Gasteiger partial charge in [-0.15, -0.1) is 0 Å². The lowest BCUT2D eigenvalue weighted by Crippen LogP contribution is -2.47. The van der Waals surface area contributed by atoms with Gasteiger partial charge in [0.25, 0.3) is 0 Å². The van der Waals surface area contributed by atoms with E-state index in [1.807, 2.05) is 30.3 Å². The summed E-state index contributed by atoms with van der Waals surface area (Å²) in [7, 11) is -2.37. The molecule has 0 unspecified atom stereocenters. The van der Waals surface area contributed by atoms with Crippen LogP contribution in [0.4, 0.5) is 4.79 Å². The van der Waals surface area contributed by atoms with Crippen LogP contribution in [-0.4, -0.2) is 85.5 Å². The van der Waals surface area contributed by atoms with E-state index in [-0.39, 0.29) is 51.3 Å². The van der Waals surface area contributed by atoms with Gasteiger partial charge in [-0.1, -0.05) is 69.6 Å². The number of carbonyl (C=O) groups excluding carboxylic acids is 2. The monoisotopic (exact) mass is 567 g/mol. The van der Waals surface area contributed by atoms with Crippen molar-refractivity contribution in [2.24, 2.45) is 5.92 Å². The molecule has 1 aromatic rings. The van der Waals surface area contributed by atoms with E-state index >= 15 is 0 Å². The number of benzene rings is 1. The first-order chi connectivity index (χ1) is 18.0. The van der Waals surface area contributed by atoms with Crippen molar-refractivity contribution >= 4 is 28.5 Å². The molecule has 1 saturated heterocycles. The maximum absolute atomic E-state index is 13.2. The molecule has 1 aliphatic heterocycles. The third-order valence-electron chi connectivity index (χ3n) is 6.57. The van der Waals surface area contributed by atoms with Crippen LogP contribution in [0, 0.1) is 5.92 Å². The van der Waals surface area contributed by atoms with Gasteiger partial charge in [0.1, 0.15) is 26.5 Å². The summed E-state index contributed by atoms with van der Waals surface area (Å²) < 4.78 is 29.1. The van der Waals surface area contributed by atoms with Gasteiger partial charge in [0, 0.05) is 48.2 Å². The molecule has 0 radical (unpaired) electrons. The molecule has 0 bridgehead atoms. The van der Waals surface area contributed by atoms with E-state index in [1.54, 1.807) is 4.90 Å². The molecule has 8 nitrogen and oxygen atoms in total. The largest absolute Gasteiger partial charge is 0.445 e. The van der Waals surface area contributed by atoms with E-state index < -0.39 is 22.2 Å². The fraction of sp³-hybridized carbons (Fsp3) is 0.714. The van der Waals surface area contributed by atoms with Gasteiger partial charge in [-0.05, 0) is 24.1 Å². The van der Waals surface area contributed by atoms with Crippen LogP contribution in [0.5, 0.6) is 0 Å². The third kappa shape index (κ3) is 13.0. The van der Waals surface area contributed by atoms with Crippen molar-refractivity contribution in [3.63, 3.8) is 0 Å². The summed E-state index contributed by atoms with van der Waals surface area (Å²) in [6.45, 7) is 16.4. The minimum absolute atomic E-state index is 0.160. The van der Waals surface area contributed by atoms with Crippen molar-refractivity contribution in [2.45, 2.75) is 83.0 Å². The minimum Gasteiger partial charge on any atom is -0.445 e. The fourth-order valence-electron chi connectivity index (χ4n) is 4.24. The Hall–Kier alpha value is -1.57. The van der Waals surface area contributed by atoms with Gasteiger partial charge in [-0.2, -0.15) is 0 Å². The summed E-state index contributed by atoms with van der Waals surface area (Å²) in [5.74, 6) is -0.244. The first kappa shape index (κ1) is 32.6. The van der Waals surface area contributed by atoms with Crippen LogP contribution in [0.3, 0.4) is 0 Å². The molecule has 2 rings (SSSR count). The topological polar surface area (TPSA) is 83.5 Å². The van der Waals surface area contributed by atoms with Crippen molar-refractivity contribution in [3.8, 4) is 0 Å². The van der Waals surface area contributed by atoms with Crippen molar-refractivity contribution in [2.75, 3.05) is 40.0 Å². The molecule has 0 spiro atoms. The van der Waals surface area contributed by atoms with Crippen LogP contribution >= 0.6 is 0 Å². The molecule has 216 valence electrons. The normalized spacial score (nSPS) is 18.9. The Morgan fingerprint density at radius 2 is 1.61 bits per heavy atom. The Kier molecular flexibility index (Phi) is 14.2. The lowest BCUT2D eigenvalue weighted by Gasteiger charge is -2.33. The standard InChI is InChI=1S/C28H49NO7Si2/c1-37(2,3)18-16-32-22-34-21-25(13-15-30)27-26(36-23-33-17-19-38(4,5)6)12-14-29(27)28(31)35-20-24-10-8-7-9-11-24/h7-11,15,25-27H,12-14,16-23H2,1-6H3/t25-,26+,27+/m1/s1. The molecule has 0 aliphatic carbocycles. The highest BCUT2D eigenvalue weighted by atomic mass is 28.3. The van der Waals surface area contributed by atoms with Gasteiger partial charge >= 0.3 is 6.09 Å². The first-order valence-electron chi connectivity index (χ1n) is 13.8. The Bertz CT molecular complexity index is 814. The zero-order valence-electron chi connectivity index (χ0n) is 24.3. The molecule has 1 amide bonds. The van der Waals surface area contributed by atoms with Crippen LogP contribution in [-0.2, 0) is 35.1 Å². The second-order valence-corrected chi connectivity index (χ2v) is 23.7. The molecule has 0 aromatic heterocycles. The Morgan fingerprint density at radius 1 is 0.974 bits per heavy atom. The Balaban J connectivity index is 2.00. The molecule has 10 heteroatoms. The molecule has 38 heavy (non-hydrogen) atoms. The van der Waals surface area contributed by atoms with Gasteiger partial charge in [0.2, 0.25) is 0 Å². The van der Waals surface area contributed by atoms with Gasteiger partial charge < -0.3 is 33.4 Å². The molecule has 1 aromatic carbocycles. The summed E-state index contributed by atoms with van der Waals surface area (Å²) >= 11 is 0. The van der Waals surface area contributed by atoms with Gasteiger partial charge in [0.15, 0.2) is 0 Å². The average molecular weight is 568 g/mol. The summed E-state index contributed by atoms with van der Waals surface area (Å²) in [4.78, 5) is 26.5. The predicted octanol–water partition coefficient (Wildman–Crippen LogP) is 5.63. The molecule has 3 atom stereocenters. The van der Waals surface area contributed by atoms with Crippen LogP contribution in [0.2, 0.25) is 51.4 Å². The second kappa shape index (κ2) is 16.5. The molecule has 1 fully saturated rings. The van der Waals surface area contributed by atoms with E-state index in [1.165, 1.54) is 0 Å². The number of ether oxygens (including phenoxy) is 5. The third-order valence-corrected chi connectivity index (χ3v) is 9.98. The van der Waals surface area contributed by atoms with E-state index in [0.29, 0.717) is 26.2 Å². The number of aldehydes is 1. The summed E-state index contributed by atoms with van der Waals surface area (Å²) in [6.07, 6.45) is 1.09. The van der Waals surface area contributed by atoms with Crippen LogP contribution in [0.25, 0.3) is 0 Å². The van der Waals surface area contributed by atoms with Crippen molar-refractivity contribution in [1.29, 1.82) is 0 Å². The summed E-state index contributed by atoms with van der Waals surface area (Å²) in [5, 5.41) is 0. The highest BCUT2D eigenvalue weighted by Gasteiger charge is 2.43. The maximum atomic E-state index is 13.2. The molecule has 0 N–H and O–H groups in total. The van der Waals surface area contributed by atoms with E-state index in [2.05, 4.69) is 39.3 Å². The summed E-state index contributed by atoms with van der Waals surface area (Å²) in [6, 6.07) is 11.4. The molecule has 1 heterocycles. The molecular formula is C28H49NO7Si2. The van der Waals surface area contributed by atoms with Gasteiger partial charge in [-0.3, -0.25) is 0 Å². The van der Waals surface area contributed by atoms with Gasteiger partial charge in [-0.25, -0.2) is 4.79 Å². The molecular weight excluding hydrogens is 518 g/mol. The highest BCUT2D eigenvalue weighted by Crippen LogP contribution is 2.30. The quantitative estimate of drug-likeness (QED) is 0.0984. The number of amides is 1. The molecule has 1 aliphatic rings. The average Bonchev–Trinajstić information content (AvgIpc) is 3.27. The van der Waals surface area contributed by atoms with E-state index in [4.69, 9.17) is 23.7 Å². The minimum atomic E-state index is -1.19. The smallest absolute Gasteiger partial charge is 0.410 e. The Morgan fingerprint density at radius 3 is 2.21 bits per heavy atom. The SMILES string of the molecule is C[Si](C)(C)CCOCOC[C@@H](CC=O)[C@H]1[C@@H](OCOCC[Si](C)(C)C)CCN1C(=O)OCc1ccccc1. The van der Waals surface area contributed by atoms with Crippen molar-refractivity contribution < 1.29 is 33.3 Å². The van der Waals surface area contributed by atoms with E-state index in [9.17, 15) is 9.59 Å². The van der Waals surface area contributed by atoms with Gasteiger partial charge in [0.05, 0.1) is 18.8 Å². The zero-order valence-corrected chi connectivity index (χ0v) is 26.3. The number of hydrogen-bond donors (Lipinski definition) is 0. The number of carbonyl (C=O) groups is 2. The van der Waals surface area contributed by atoms with Crippen molar-refractivity contribution in [3.05, 3.63) is 35.9 Å². The number of likely N-dealkylation sites (tertiary alicyclic amines) is 1. The highest BCUT2D eigenvalue weighted by molar-refractivity contribution is 6.76. The second-order valence-electron chi connectivity index (χ2n) is 12.4. The Labute approximate surface area is 231 Å². The maximum Gasteiger partial charge on any atom is 0.410 e.